The lowest BCUT2D eigenvalue weighted by Gasteiger charge is -2.01. The van der Waals surface area contributed by atoms with Gasteiger partial charge in [-0.05, 0) is 73.2 Å². The van der Waals surface area contributed by atoms with E-state index in [9.17, 15) is 0 Å². The minimum absolute atomic E-state index is 0.970. The van der Waals surface area contributed by atoms with Crippen LogP contribution in [0.5, 0.6) is 0 Å². The minimum Gasteiger partial charge on any atom is -0.257 e. The zero-order valence-electron chi connectivity index (χ0n) is 19.1. The van der Waals surface area contributed by atoms with Crippen LogP contribution in [0.1, 0.15) is 63.1 Å². The summed E-state index contributed by atoms with van der Waals surface area (Å²) < 4.78 is 0. The van der Waals surface area contributed by atoms with Crippen LogP contribution in [0.4, 0.5) is 0 Å². The maximum atomic E-state index is 4.08. The van der Waals surface area contributed by atoms with Crippen molar-refractivity contribution in [1.29, 1.82) is 0 Å². The van der Waals surface area contributed by atoms with Crippen LogP contribution < -0.4 is 0 Å². The molecule has 2 heteroatoms. The molecule has 0 atom stereocenters. The lowest BCUT2D eigenvalue weighted by atomic mass is 10.1. The largest absolute Gasteiger partial charge is 0.257 e. The van der Waals surface area contributed by atoms with Crippen LogP contribution in [0.3, 0.4) is 0 Å². The molecule has 0 fully saturated rings. The van der Waals surface area contributed by atoms with Crippen molar-refractivity contribution in [2.24, 2.45) is 0 Å². The Hall–Kier alpha value is -3.00. The molecule has 3 rings (SSSR count). The van der Waals surface area contributed by atoms with Gasteiger partial charge in [0, 0.05) is 12.4 Å². The van der Waals surface area contributed by atoms with Gasteiger partial charge in [-0.2, -0.15) is 0 Å². The number of hydrogen-bond donors (Lipinski definition) is 0. The topological polar surface area (TPSA) is 25.8 Å². The third kappa shape index (κ3) is 10.5. The summed E-state index contributed by atoms with van der Waals surface area (Å²) >= 11 is 0. The Labute approximate surface area is 183 Å². The molecule has 0 saturated heterocycles. The van der Waals surface area contributed by atoms with Crippen LogP contribution in [0.25, 0.3) is 11.1 Å². The van der Waals surface area contributed by atoms with Crippen LogP contribution in [0.2, 0.25) is 0 Å². The third-order valence-corrected chi connectivity index (χ3v) is 4.30. The Kier molecular flexibility index (Phi) is 12.5. The smallest absolute Gasteiger partial charge is 0.0652 e. The van der Waals surface area contributed by atoms with Crippen molar-refractivity contribution >= 4 is 11.1 Å². The maximum absolute atomic E-state index is 4.08. The fourth-order valence-electron chi connectivity index (χ4n) is 2.68. The van der Waals surface area contributed by atoms with Gasteiger partial charge in [-0.3, -0.25) is 9.97 Å². The molecule has 0 amide bonds. The van der Waals surface area contributed by atoms with E-state index in [2.05, 4.69) is 61.2 Å². The SMILES string of the molecule is C=C(C)c1ccccn1.C=C(C)c1ccccn1.CCCc1ccc(CCC)cc1. The highest BCUT2D eigenvalue weighted by Gasteiger charge is 1.92. The highest BCUT2D eigenvalue weighted by molar-refractivity contribution is 5.57. The van der Waals surface area contributed by atoms with Gasteiger partial charge < -0.3 is 0 Å². The summed E-state index contributed by atoms with van der Waals surface area (Å²) in [6, 6.07) is 20.6. The van der Waals surface area contributed by atoms with Crippen molar-refractivity contribution in [3.8, 4) is 0 Å². The van der Waals surface area contributed by atoms with Crippen LogP contribution in [0, 0.1) is 0 Å². The molecule has 0 aliphatic rings. The quantitative estimate of drug-likeness (QED) is 0.421. The number of pyridine rings is 2. The zero-order valence-corrected chi connectivity index (χ0v) is 19.1. The minimum atomic E-state index is 0.970. The predicted molar refractivity (Wildman–Crippen MR) is 132 cm³/mol. The first-order valence-electron chi connectivity index (χ1n) is 10.7. The Morgan fingerprint density at radius 3 is 1.20 bits per heavy atom. The second kappa shape index (κ2) is 14.9. The van der Waals surface area contributed by atoms with Gasteiger partial charge in [0.25, 0.3) is 0 Å². The molecule has 0 bridgehead atoms. The lowest BCUT2D eigenvalue weighted by Crippen LogP contribution is -1.85. The molecule has 158 valence electrons. The second-order valence-corrected chi connectivity index (χ2v) is 7.31. The average molecular weight is 401 g/mol. The normalized spacial score (nSPS) is 9.47. The predicted octanol–water partition coefficient (Wildman–Crippen LogP) is 7.82. The van der Waals surface area contributed by atoms with Crippen LogP contribution in [0.15, 0.2) is 86.2 Å². The molecule has 0 saturated carbocycles. The highest BCUT2D eigenvalue weighted by atomic mass is 14.7. The molecule has 0 aliphatic heterocycles. The third-order valence-electron chi connectivity index (χ3n) is 4.30. The molecule has 0 aliphatic carbocycles. The van der Waals surface area contributed by atoms with E-state index in [1.54, 1.807) is 12.4 Å². The molecule has 2 nitrogen and oxygen atoms in total. The van der Waals surface area contributed by atoms with Crippen molar-refractivity contribution in [1.82, 2.24) is 9.97 Å². The Balaban J connectivity index is 0.000000229. The van der Waals surface area contributed by atoms with Crippen LogP contribution in [-0.2, 0) is 12.8 Å². The summed E-state index contributed by atoms with van der Waals surface area (Å²) in [4.78, 5) is 8.16. The number of aromatic nitrogens is 2. The summed E-state index contributed by atoms with van der Waals surface area (Å²) in [5.74, 6) is 0. The summed E-state index contributed by atoms with van der Waals surface area (Å²) in [5, 5.41) is 0. The highest BCUT2D eigenvalue weighted by Crippen LogP contribution is 2.08. The molecular weight excluding hydrogens is 364 g/mol. The van der Waals surface area contributed by atoms with E-state index in [4.69, 9.17) is 0 Å². The Bertz CT molecular complexity index is 776. The second-order valence-electron chi connectivity index (χ2n) is 7.31. The van der Waals surface area contributed by atoms with Crippen molar-refractivity contribution in [2.45, 2.75) is 53.4 Å². The Morgan fingerprint density at radius 1 is 0.633 bits per heavy atom. The first kappa shape index (κ1) is 25.0. The lowest BCUT2D eigenvalue weighted by molar-refractivity contribution is 0.904. The number of benzene rings is 1. The van der Waals surface area contributed by atoms with Gasteiger partial charge in [-0.1, -0.05) is 76.2 Å². The van der Waals surface area contributed by atoms with Gasteiger partial charge in [0.05, 0.1) is 11.4 Å². The van der Waals surface area contributed by atoms with Crippen molar-refractivity contribution in [2.75, 3.05) is 0 Å². The molecule has 2 aromatic heterocycles. The van der Waals surface area contributed by atoms with E-state index >= 15 is 0 Å². The zero-order chi connectivity index (χ0) is 22.2. The summed E-state index contributed by atoms with van der Waals surface area (Å²) in [7, 11) is 0. The van der Waals surface area contributed by atoms with E-state index in [1.165, 1.54) is 36.8 Å². The van der Waals surface area contributed by atoms with Crippen molar-refractivity contribution in [3.63, 3.8) is 0 Å². The molecule has 2 heterocycles. The van der Waals surface area contributed by atoms with Crippen molar-refractivity contribution < 1.29 is 0 Å². The van der Waals surface area contributed by atoms with E-state index < -0.39 is 0 Å². The number of rotatable bonds is 6. The molecule has 0 radical (unpaired) electrons. The first-order valence-corrected chi connectivity index (χ1v) is 10.7. The standard InChI is InChI=1S/C12H18.2C8H9N/c1-3-5-11-7-9-12(6-4-2)10-8-11;2*1-7(2)8-5-3-4-6-9-8/h7-10H,3-6H2,1-2H3;2*3-6H,1H2,2H3. The van der Waals surface area contributed by atoms with Crippen LogP contribution >= 0.6 is 0 Å². The van der Waals surface area contributed by atoms with E-state index in [0.717, 1.165) is 22.5 Å². The summed E-state index contributed by atoms with van der Waals surface area (Å²) in [6.07, 6.45) is 8.45. The van der Waals surface area contributed by atoms with Crippen molar-refractivity contribution in [3.05, 3.63) is 109 Å². The fourth-order valence-corrected chi connectivity index (χ4v) is 2.68. The molecule has 0 N–H and O–H groups in total. The Morgan fingerprint density at radius 2 is 1.00 bits per heavy atom. The fraction of sp³-hybridized carbons (Fsp3) is 0.286. The summed E-state index contributed by atoms with van der Waals surface area (Å²) in [6.45, 7) is 15.9. The van der Waals surface area contributed by atoms with E-state index in [1.807, 2.05) is 50.2 Å². The number of allylic oxidation sites excluding steroid dienone is 2. The molecule has 30 heavy (non-hydrogen) atoms. The van der Waals surface area contributed by atoms with Gasteiger partial charge >= 0.3 is 0 Å². The average Bonchev–Trinajstić information content (AvgIpc) is 2.78. The van der Waals surface area contributed by atoms with Crippen LogP contribution in [-0.4, -0.2) is 9.97 Å². The first-order chi connectivity index (χ1) is 14.5. The molecule has 1 aromatic carbocycles. The van der Waals surface area contributed by atoms with E-state index in [-0.39, 0.29) is 0 Å². The van der Waals surface area contributed by atoms with Gasteiger partial charge in [0.1, 0.15) is 0 Å². The monoisotopic (exact) mass is 400 g/mol. The molecule has 3 aromatic rings. The molecular formula is C28H36N2. The molecule has 0 unspecified atom stereocenters. The number of hydrogen-bond acceptors (Lipinski definition) is 2. The number of nitrogens with zero attached hydrogens (tertiary/aromatic N) is 2. The summed E-state index contributed by atoms with van der Waals surface area (Å²) in [5.41, 5.74) is 6.90. The van der Waals surface area contributed by atoms with Gasteiger partial charge in [-0.25, -0.2) is 0 Å². The van der Waals surface area contributed by atoms with E-state index in [0.29, 0.717) is 0 Å². The molecule has 0 spiro atoms. The van der Waals surface area contributed by atoms with Gasteiger partial charge in [0.2, 0.25) is 0 Å². The van der Waals surface area contributed by atoms with Gasteiger partial charge in [-0.15, -0.1) is 0 Å². The maximum Gasteiger partial charge on any atom is 0.0652 e. The van der Waals surface area contributed by atoms with Gasteiger partial charge in [0.15, 0.2) is 0 Å². The number of aryl methyl sites for hydroxylation is 2.